The molecule has 0 bridgehead atoms. The van der Waals surface area contributed by atoms with Gasteiger partial charge in [0.2, 0.25) is 0 Å². The lowest BCUT2D eigenvalue weighted by Gasteiger charge is -2.18. The summed E-state index contributed by atoms with van der Waals surface area (Å²) in [6, 6.07) is 0. The van der Waals surface area contributed by atoms with Crippen molar-refractivity contribution in [3.63, 3.8) is 0 Å². The average molecular weight is 898 g/mol. The van der Waals surface area contributed by atoms with Gasteiger partial charge in [0.1, 0.15) is 6.61 Å². The molecule has 0 aromatic carbocycles. The van der Waals surface area contributed by atoms with Crippen LogP contribution in [0.4, 0.5) is 0 Å². The summed E-state index contributed by atoms with van der Waals surface area (Å²) >= 11 is 0. The largest absolute Gasteiger partial charge is 0.462 e. The van der Waals surface area contributed by atoms with Crippen molar-refractivity contribution < 1.29 is 23.8 Å². The molecule has 5 heteroatoms. The summed E-state index contributed by atoms with van der Waals surface area (Å²) < 4.78 is 17.5. The van der Waals surface area contributed by atoms with E-state index in [2.05, 4.69) is 69.4 Å². The normalized spacial score (nSPS) is 12.5. The molecular formula is C59H108O5. The molecule has 0 saturated heterocycles. The first-order valence-corrected chi connectivity index (χ1v) is 28.2. The first-order chi connectivity index (χ1) is 31.6. The third kappa shape index (κ3) is 52.5. The molecule has 0 amide bonds. The average Bonchev–Trinajstić information content (AvgIpc) is 3.30. The second kappa shape index (κ2) is 55.2. The van der Waals surface area contributed by atoms with Gasteiger partial charge in [-0.15, -0.1) is 0 Å². The maximum absolute atomic E-state index is 12.8. The summed E-state index contributed by atoms with van der Waals surface area (Å²) in [5.41, 5.74) is 0. The molecule has 5 nitrogen and oxygen atoms in total. The third-order valence-electron chi connectivity index (χ3n) is 12.3. The minimum absolute atomic E-state index is 0.0795. The zero-order valence-electron chi connectivity index (χ0n) is 43.1. The highest BCUT2D eigenvalue weighted by Gasteiger charge is 2.17. The van der Waals surface area contributed by atoms with E-state index in [1.165, 1.54) is 193 Å². The number of hydrogen-bond donors (Lipinski definition) is 0. The fourth-order valence-corrected chi connectivity index (χ4v) is 8.17. The van der Waals surface area contributed by atoms with Crippen LogP contribution in [0.1, 0.15) is 290 Å². The topological polar surface area (TPSA) is 61.8 Å². The molecule has 1 atom stereocenters. The van der Waals surface area contributed by atoms with Crippen molar-refractivity contribution >= 4 is 11.9 Å². The lowest BCUT2D eigenvalue weighted by molar-refractivity contribution is -0.163. The summed E-state index contributed by atoms with van der Waals surface area (Å²) in [6.45, 7) is 7.74. The summed E-state index contributed by atoms with van der Waals surface area (Å²) in [5.74, 6) is -0.407. The number of allylic oxidation sites excluding steroid dienone is 8. The second-order valence-corrected chi connectivity index (χ2v) is 18.8. The molecular weight excluding hydrogens is 789 g/mol. The van der Waals surface area contributed by atoms with Crippen LogP contribution in [-0.4, -0.2) is 37.9 Å². The van der Waals surface area contributed by atoms with Crippen molar-refractivity contribution in [3.05, 3.63) is 48.6 Å². The third-order valence-corrected chi connectivity index (χ3v) is 12.3. The number of ether oxygens (including phenoxy) is 3. The Labute approximate surface area is 399 Å². The molecule has 0 spiro atoms. The fraction of sp³-hybridized carbons (Fsp3) is 0.831. The second-order valence-electron chi connectivity index (χ2n) is 18.8. The molecule has 0 aliphatic heterocycles. The Morgan fingerprint density at radius 3 is 1.14 bits per heavy atom. The Morgan fingerprint density at radius 2 is 0.703 bits per heavy atom. The number of esters is 2. The van der Waals surface area contributed by atoms with Crippen LogP contribution >= 0.6 is 0 Å². The zero-order valence-corrected chi connectivity index (χ0v) is 43.1. The van der Waals surface area contributed by atoms with E-state index in [-0.39, 0.29) is 25.2 Å². The van der Waals surface area contributed by atoms with Gasteiger partial charge < -0.3 is 14.2 Å². The van der Waals surface area contributed by atoms with Crippen molar-refractivity contribution in [1.29, 1.82) is 0 Å². The van der Waals surface area contributed by atoms with Crippen molar-refractivity contribution in [1.82, 2.24) is 0 Å². The van der Waals surface area contributed by atoms with Crippen LogP contribution in [-0.2, 0) is 23.8 Å². The van der Waals surface area contributed by atoms with Gasteiger partial charge in [-0.3, -0.25) is 9.59 Å². The smallest absolute Gasteiger partial charge is 0.306 e. The number of carbonyl (C=O) groups excluding carboxylic acids is 2. The van der Waals surface area contributed by atoms with Crippen LogP contribution in [0.5, 0.6) is 0 Å². The van der Waals surface area contributed by atoms with Crippen molar-refractivity contribution in [3.8, 4) is 0 Å². The van der Waals surface area contributed by atoms with E-state index in [4.69, 9.17) is 14.2 Å². The van der Waals surface area contributed by atoms with E-state index in [0.717, 1.165) is 64.2 Å². The Bertz CT molecular complexity index is 1060. The Kier molecular flexibility index (Phi) is 53.3. The van der Waals surface area contributed by atoms with E-state index in [0.29, 0.717) is 19.4 Å². The lowest BCUT2D eigenvalue weighted by atomic mass is 10.0. The Morgan fingerprint density at radius 1 is 0.359 bits per heavy atom. The minimum atomic E-state index is -0.544. The van der Waals surface area contributed by atoms with Crippen molar-refractivity contribution in [2.24, 2.45) is 0 Å². The molecule has 1 unspecified atom stereocenters. The highest BCUT2D eigenvalue weighted by atomic mass is 16.6. The summed E-state index contributed by atoms with van der Waals surface area (Å²) in [7, 11) is 0. The van der Waals surface area contributed by atoms with Gasteiger partial charge in [-0.25, -0.2) is 0 Å². The fourth-order valence-electron chi connectivity index (χ4n) is 8.17. The number of carbonyl (C=O) groups is 2. The van der Waals surface area contributed by atoms with Gasteiger partial charge in [-0.05, 0) is 77.0 Å². The SMILES string of the molecule is CC/C=C\C/C=C\C/C=C\CCCCCCCC(=O)OC(COCCCCCCCCCCCCCCCCCC)COC(=O)CCCCCCCCC/C=C\CCCCCCCC. The van der Waals surface area contributed by atoms with Crippen LogP contribution in [0.2, 0.25) is 0 Å². The molecule has 0 heterocycles. The van der Waals surface area contributed by atoms with E-state index in [1.54, 1.807) is 0 Å². The molecule has 374 valence electrons. The lowest BCUT2D eigenvalue weighted by Crippen LogP contribution is -2.30. The van der Waals surface area contributed by atoms with E-state index in [9.17, 15) is 9.59 Å². The molecule has 0 aliphatic rings. The van der Waals surface area contributed by atoms with E-state index in [1.807, 2.05) is 0 Å². The van der Waals surface area contributed by atoms with Crippen LogP contribution in [0.3, 0.4) is 0 Å². The van der Waals surface area contributed by atoms with Crippen LogP contribution in [0, 0.1) is 0 Å². The van der Waals surface area contributed by atoms with Gasteiger partial charge in [0.25, 0.3) is 0 Å². The number of hydrogen-bond acceptors (Lipinski definition) is 5. The molecule has 64 heavy (non-hydrogen) atoms. The molecule has 0 fully saturated rings. The van der Waals surface area contributed by atoms with Crippen molar-refractivity contribution in [2.75, 3.05) is 19.8 Å². The van der Waals surface area contributed by atoms with Gasteiger partial charge in [-0.1, -0.05) is 249 Å². The Balaban J connectivity index is 4.26. The molecule has 0 aromatic rings. The quantitative estimate of drug-likeness (QED) is 0.0346. The highest BCUT2D eigenvalue weighted by molar-refractivity contribution is 5.70. The first-order valence-electron chi connectivity index (χ1n) is 28.2. The predicted octanol–water partition coefficient (Wildman–Crippen LogP) is 19.1. The van der Waals surface area contributed by atoms with Crippen molar-refractivity contribution in [2.45, 2.75) is 297 Å². The monoisotopic (exact) mass is 897 g/mol. The van der Waals surface area contributed by atoms with E-state index < -0.39 is 6.10 Å². The summed E-state index contributed by atoms with van der Waals surface area (Å²) in [4.78, 5) is 25.5. The minimum Gasteiger partial charge on any atom is -0.462 e. The molecule has 0 aliphatic carbocycles. The van der Waals surface area contributed by atoms with Gasteiger partial charge in [0.05, 0.1) is 6.61 Å². The molecule has 0 aromatic heterocycles. The van der Waals surface area contributed by atoms with Gasteiger partial charge in [-0.2, -0.15) is 0 Å². The van der Waals surface area contributed by atoms with Crippen LogP contribution < -0.4 is 0 Å². The summed E-state index contributed by atoms with van der Waals surface area (Å²) in [6.07, 6.45) is 68.4. The predicted molar refractivity (Wildman–Crippen MR) is 279 cm³/mol. The highest BCUT2D eigenvalue weighted by Crippen LogP contribution is 2.16. The number of unbranched alkanes of at least 4 members (excludes halogenated alkanes) is 33. The van der Waals surface area contributed by atoms with Crippen LogP contribution in [0.15, 0.2) is 48.6 Å². The van der Waals surface area contributed by atoms with Gasteiger partial charge in [0, 0.05) is 19.4 Å². The molecule has 0 rings (SSSR count). The molecule has 0 radical (unpaired) electrons. The summed E-state index contributed by atoms with van der Waals surface area (Å²) in [5, 5.41) is 0. The molecule has 0 N–H and O–H groups in total. The Hall–Kier alpha value is -2.14. The first kappa shape index (κ1) is 61.9. The standard InChI is InChI=1S/C59H108O5/c1-4-7-10-13-16-19-22-25-28-30-32-34-37-40-43-46-49-52-58(60)63-56-57(55-62-54-51-48-45-42-39-36-33-29-26-23-20-17-14-11-8-5-2)64-59(61)53-50-47-44-41-38-35-31-27-24-21-18-15-12-9-6-3/h9,12,18,21,25,27-28,31,57H,4-8,10-11,13-17,19-20,22-24,26,29-30,32-56H2,1-3H3/b12-9-,21-18-,28-25-,31-27-. The van der Waals surface area contributed by atoms with Crippen LogP contribution in [0.25, 0.3) is 0 Å². The van der Waals surface area contributed by atoms with Gasteiger partial charge >= 0.3 is 11.9 Å². The molecule has 0 saturated carbocycles. The van der Waals surface area contributed by atoms with E-state index >= 15 is 0 Å². The zero-order chi connectivity index (χ0) is 46.3. The maximum atomic E-state index is 12.8. The van der Waals surface area contributed by atoms with Gasteiger partial charge in [0.15, 0.2) is 6.10 Å². The number of rotatable bonds is 52. The maximum Gasteiger partial charge on any atom is 0.306 e.